The number of aliphatic hydroxyl groups excluding tert-OH is 3. The van der Waals surface area contributed by atoms with Gasteiger partial charge < -0.3 is 25.4 Å². The first kappa shape index (κ1) is 21.0. The molecule has 2 aromatic heterocycles. The third-order valence-electron chi connectivity index (χ3n) is 4.84. The summed E-state index contributed by atoms with van der Waals surface area (Å²) in [4.78, 5) is 13.7. The number of nitrogens with zero attached hydrogens (tertiary/aromatic N) is 4. The van der Waals surface area contributed by atoms with Crippen LogP contribution < -0.4 is 5.32 Å². The Labute approximate surface area is 178 Å². The van der Waals surface area contributed by atoms with E-state index in [9.17, 15) is 15.3 Å². The number of imidazole rings is 1. The molecule has 0 bridgehead atoms. The van der Waals surface area contributed by atoms with Gasteiger partial charge in [0.25, 0.3) is 0 Å². The molecule has 4 atom stereocenters. The van der Waals surface area contributed by atoms with E-state index in [2.05, 4.69) is 34.1 Å². The van der Waals surface area contributed by atoms with E-state index in [0.717, 1.165) is 5.56 Å². The van der Waals surface area contributed by atoms with Gasteiger partial charge in [-0.25, -0.2) is 15.0 Å². The molecular weight excluding hydrogens is 406 g/mol. The van der Waals surface area contributed by atoms with Crippen molar-refractivity contribution in [3.8, 4) is 0 Å². The lowest BCUT2D eigenvalue weighted by atomic mass is 10.1. The Kier molecular flexibility index (Phi) is 6.21. The molecule has 3 aromatic rings. The van der Waals surface area contributed by atoms with Gasteiger partial charge in [0, 0.05) is 11.8 Å². The quantitative estimate of drug-likeness (QED) is 0.326. The predicted molar refractivity (Wildman–Crippen MR) is 113 cm³/mol. The summed E-state index contributed by atoms with van der Waals surface area (Å²) in [5.41, 5.74) is 2.13. The van der Waals surface area contributed by atoms with Crippen molar-refractivity contribution in [3.05, 3.63) is 42.2 Å². The molecule has 0 amide bonds. The summed E-state index contributed by atoms with van der Waals surface area (Å²) in [6.45, 7) is 4.28. The largest absolute Gasteiger partial charge is 0.394 e. The van der Waals surface area contributed by atoms with Crippen molar-refractivity contribution in [1.29, 1.82) is 0 Å². The van der Waals surface area contributed by atoms with E-state index < -0.39 is 31.1 Å². The first-order valence-electron chi connectivity index (χ1n) is 9.79. The fourth-order valence-electron chi connectivity index (χ4n) is 3.36. The maximum absolute atomic E-state index is 10.4. The Bertz CT molecular complexity index is 1000. The SMILES string of the molecule is CC(C)Sc1nc(NCc2ccccc2)c2ncn([C@@H]3O[C@H](CO)[C@@H](O)[C@H]3O)c2n1. The van der Waals surface area contributed by atoms with Crippen LogP contribution in [0.2, 0.25) is 0 Å². The van der Waals surface area contributed by atoms with Crippen molar-refractivity contribution in [3.63, 3.8) is 0 Å². The Hall–Kier alpha value is -2.24. The van der Waals surface area contributed by atoms with Crippen LogP contribution in [0.15, 0.2) is 41.8 Å². The highest BCUT2D eigenvalue weighted by Crippen LogP contribution is 2.33. The van der Waals surface area contributed by atoms with Crippen LogP contribution in [-0.4, -0.2) is 65.0 Å². The van der Waals surface area contributed by atoms with Gasteiger partial charge in [-0.15, -0.1) is 0 Å². The molecule has 30 heavy (non-hydrogen) atoms. The van der Waals surface area contributed by atoms with Gasteiger partial charge in [0.15, 0.2) is 28.4 Å². The number of benzene rings is 1. The third-order valence-corrected chi connectivity index (χ3v) is 5.70. The molecule has 0 spiro atoms. The van der Waals surface area contributed by atoms with Crippen molar-refractivity contribution >= 4 is 28.7 Å². The van der Waals surface area contributed by atoms with Crippen LogP contribution in [0, 0.1) is 0 Å². The third kappa shape index (κ3) is 4.14. The van der Waals surface area contributed by atoms with Crippen LogP contribution in [-0.2, 0) is 11.3 Å². The lowest BCUT2D eigenvalue weighted by Crippen LogP contribution is -2.33. The highest BCUT2D eigenvalue weighted by atomic mass is 32.2. The number of hydrogen-bond donors (Lipinski definition) is 4. The Morgan fingerprint density at radius 1 is 1.17 bits per heavy atom. The van der Waals surface area contributed by atoms with Crippen molar-refractivity contribution in [2.75, 3.05) is 11.9 Å². The second-order valence-electron chi connectivity index (χ2n) is 7.41. The van der Waals surface area contributed by atoms with Gasteiger partial charge in [0.05, 0.1) is 12.9 Å². The minimum absolute atomic E-state index is 0.273. The fraction of sp³-hybridized carbons (Fsp3) is 0.450. The number of rotatable bonds is 7. The molecule has 9 nitrogen and oxygen atoms in total. The number of thioether (sulfide) groups is 1. The molecule has 1 saturated heterocycles. The van der Waals surface area contributed by atoms with Crippen molar-refractivity contribution in [2.24, 2.45) is 0 Å². The molecule has 1 fully saturated rings. The van der Waals surface area contributed by atoms with E-state index in [1.54, 1.807) is 4.57 Å². The van der Waals surface area contributed by atoms with Crippen LogP contribution in [0.4, 0.5) is 5.82 Å². The molecule has 10 heteroatoms. The van der Waals surface area contributed by atoms with Crippen molar-refractivity contribution in [2.45, 2.75) is 55.3 Å². The van der Waals surface area contributed by atoms with E-state index in [-0.39, 0.29) is 5.25 Å². The van der Waals surface area contributed by atoms with E-state index >= 15 is 0 Å². The summed E-state index contributed by atoms with van der Waals surface area (Å²) in [6, 6.07) is 9.96. The number of ether oxygens (including phenoxy) is 1. The van der Waals surface area contributed by atoms with Gasteiger partial charge in [-0.05, 0) is 5.56 Å². The lowest BCUT2D eigenvalue weighted by Gasteiger charge is -2.17. The number of aromatic nitrogens is 4. The minimum Gasteiger partial charge on any atom is -0.394 e. The number of anilines is 1. The number of nitrogens with one attached hydrogen (secondary N) is 1. The predicted octanol–water partition coefficient (Wildman–Crippen LogP) is 1.55. The van der Waals surface area contributed by atoms with Crippen LogP contribution >= 0.6 is 11.8 Å². The Balaban J connectivity index is 1.71. The van der Waals surface area contributed by atoms with Crippen LogP contribution in [0.1, 0.15) is 25.6 Å². The molecule has 1 aliphatic heterocycles. The van der Waals surface area contributed by atoms with Crippen molar-refractivity contribution < 1.29 is 20.1 Å². The van der Waals surface area contributed by atoms with E-state index in [1.165, 1.54) is 18.1 Å². The van der Waals surface area contributed by atoms with Crippen molar-refractivity contribution in [1.82, 2.24) is 19.5 Å². The van der Waals surface area contributed by atoms with Gasteiger partial charge in [0.2, 0.25) is 0 Å². The van der Waals surface area contributed by atoms with E-state index in [4.69, 9.17) is 4.74 Å². The number of fused-ring (bicyclic) bond motifs is 1. The summed E-state index contributed by atoms with van der Waals surface area (Å²) < 4.78 is 7.25. The molecule has 4 N–H and O–H groups in total. The van der Waals surface area contributed by atoms with E-state index in [1.807, 2.05) is 30.3 Å². The van der Waals surface area contributed by atoms with Gasteiger partial charge in [0.1, 0.15) is 18.3 Å². The first-order valence-corrected chi connectivity index (χ1v) is 10.7. The molecule has 160 valence electrons. The monoisotopic (exact) mass is 431 g/mol. The van der Waals surface area contributed by atoms with Gasteiger partial charge in [-0.2, -0.15) is 0 Å². The average molecular weight is 432 g/mol. The van der Waals surface area contributed by atoms with Crippen LogP contribution in [0.5, 0.6) is 0 Å². The Morgan fingerprint density at radius 3 is 2.60 bits per heavy atom. The molecule has 0 saturated carbocycles. The highest BCUT2D eigenvalue weighted by Gasteiger charge is 2.44. The summed E-state index contributed by atoms with van der Waals surface area (Å²) in [7, 11) is 0. The highest BCUT2D eigenvalue weighted by molar-refractivity contribution is 7.99. The normalized spacial score (nSPS) is 24.1. The zero-order chi connectivity index (χ0) is 21.3. The fourth-order valence-corrected chi connectivity index (χ4v) is 4.07. The summed E-state index contributed by atoms with van der Waals surface area (Å²) in [5.74, 6) is 0.581. The van der Waals surface area contributed by atoms with Gasteiger partial charge in [-0.1, -0.05) is 55.9 Å². The average Bonchev–Trinajstić information content (AvgIpc) is 3.27. The molecule has 1 aliphatic rings. The Morgan fingerprint density at radius 2 is 1.93 bits per heavy atom. The first-order chi connectivity index (χ1) is 14.5. The summed E-state index contributed by atoms with van der Waals surface area (Å²) in [5, 5.41) is 34.1. The molecule has 3 heterocycles. The minimum atomic E-state index is -1.21. The molecule has 1 aromatic carbocycles. The summed E-state index contributed by atoms with van der Waals surface area (Å²) in [6.07, 6.45) is -2.67. The van der Waals surface area contributed by atoms with Gasteiger partial charge >= 0.3 is 0 Å². The molecular formula is C20H25N5O4S. The molecule has 0 radical (unpaired) electrons. The second-order valence-corrected chi connectivity index (χ2v) is 8.96. The maximum Gasteiger partial charge on any atom is 0.191 e. The maximum atomic E-state index is 10.4. The zero-order valence-electron chi connectivity index (χ0n) is 16.7. The topological polar surface area (TPSA) is 126 Å². The standard InChI is InChI=1S/C20H25N5O4S/c1-11(2)30-20-23-17(21-8-12-6-4-3-5-7-12)14-18(24-20)25(10-22-14)19-16(28)15(27)13(9-26)29-19/h3-7,10-11,13,15-16,19,26-28H,8-9H2,1-2H3,(H,21,23,24)/t13-,15-,16-,19-/m1/s1. The summed E-state index contributed by atoms with van der Waals surface area (Å²) >= 11 is 1.51. The molecule has 0 aliphatic carbocycles. The molecule has 0 unspecified atom stereocenters. The number of aliphatic hydroxyl groups is 3. The molecule has 4 rings (SSSR count). The smallest absolute Gasteiger partial charge is 0.191 e. The van der Waals surface area contributed by atoms with Crippen LogP contribution in [0.25, 0.3) is 11.2 Å². The van der Waals surface area contributed by atoms with E-state index in [0.29, 0.717) is 28.7 Å². The van der Waals surface area contributed by atoms with Gasteiger partial charge in [-0.3, -0.25) is 4.57 Å². The van der Waals surface area contributed by atoms with Crippen LogP contribution in [0.3, 0.4) is 0 Å². The zero-order valence-corrected chi connectivity index (χ0v) is 17.5. The number of hydrogen-bond acceptors (Lipinski definition) is 9. The lowest BCUT2D eigenvalue weighted by molar-refractivity contribution is -0.0511. The second kappa shape index (κ2) is 8.86.